The molecule has 1 fully saturated rings. The lowest BCUT2D eigenvalue weighted by atomic mass is 10.1. The lowest BCUT2D eigenvalue weighted by molar-refractivity contribution is -0.175. The number of hydrogen-bond donors (Lipinski definition) is 1. The summed E-state index contributed by atoms with van der Waals surface area (Å²) in [6, 6.07) is 0. The van der Waals surface area contributed by atoms with Gasteiger partial charge in [-0.1, -0.05) is 0 Å². The standard InChI is InChI=1S/C10H20O6/c1-12-5-6(13-2)8-7(11)9(14-3)10(15-4)16-8/h6-11H,5H2,1-4H3. The van der Waals surface area contributed by atoms with Gasteiger partial charge in [-0.15, -0.1) is 0 Å². The van der Waals surface area contributed by atoms with Crippen LogP contribution in [0.1, 0.15) is 0 Å². The van der Waals surface area contributed by atoms with E-state index in [1.807, 2.05) is 0 Å². The molecule has 1 rings (SSSR count). The summed E-state index contributed by atoms with van der Waals surface area (Å²) in [5.74, 6) is 0. The van der Waals surface area contributed by atoms with Crippen molar-refractivity contribution in [2.45, 2.75) is 30.7 Å². The van der Waals surface area contributed by atoms with Crippen molar-refractivity contribution < 1.29 is 28.8 Å². The minimum Gasteiger partial charge on any atom is -0.387 e. The Morgan fingerprint density at radius 3 is 2.25 bits per heavy atom. The van der Waals surface area contributed by atoms with E-state index < -0.39 is 24.6 Å². The zero-order valence-corrected chi connectivity index (χ0v) is 10.1. The summed E-state index contributed by atoms with van der Waals surface area (Å²) < 4.78 is 26.0. The summed E-state index contributed by atoms with van der Waals surface area (Å²) in [6.07, 6.45) is -2.75. The fourth-order valence-corrected chi connectivity index (χ4v) is 1.87. The Morgan fingerprint density at radius 1 is 1.19 bits per heavy atom. The third kappa shape index (κ3) is 2.71. The average molecular weight is 236 g/mol. The Morgan fingerprint density at radius 2 is 1.88 bits per heavy atom. The molecule has 1 saturated heterocycles. The highest BCUT2D eigenvalue weighted by atomic mass is 16.7. The van der Waals surface area contributed by atoms with E-state index in [4.69, 9.17) is 23.7 Å². The molecule has 1 aliphatic heterocycles. The van der Waals surface area contributed by atoms with Crippen LogP contribution in [0.4, 0.5) is 0 Å². The van der Waals surface area contributed by atoms with Crippen molar-refractivity contribution in [1.29, 1.82) is 0 Å². The Balaban J connectivity index is 2.67. The van der Waals surface area contributed by atoms with Crippen LogP contribution in [-0.4, -0.2) is 70.9 Å². The first kappa shape index (κ1) is 13.8. The molecule has 16 heavy (non-hydrogen) atoms. The average Bonchev–Trinajstić information content (AvgIpc) is 2.62. The van der Waals surface area contributed by atoms with E-state index in [1.165, 1.54) is 14.2 Å². The van der Waals surface area contributed by atoms with Crippen LogP contribution in [-0.2, 0) is 23.7 Å². The summed E-state index contributed by atoms with van der Waals surface area (Å²) in [4.78, 5) is 0. The molecule has 6 nitrogen and oxygen atoms in total. The molecule has 0 radical (unpaired) electrons. The van der Waals surface area contributed by atoms with Gasteiger partial charge in [-0.25, -0.2) is 0 Å². The van der Waals surface area contributed by atoms with Crippen molar-refractivity contribution in [3.8, 4) is 0 Å². The number of aliphatic hydroxyl groups excluding tert-OH is 1. The zero-order chi connectivity index (χ0) is 12.1. The molecular formula is C10H20O6. The third-order valence-corrected chi connectivity index (χ3v) is 2.74. The molecule has 96 valence electrons. The minimum atomic E-state index is -0.796. The zero-order valence-electron chi connectivity index (χ0n) is 10.1. The Hall–Kier alpha value is -0.240. The Bertz CT molecular complexity index is 200. The number of rotatable bonds is 6. The fraction of sp³-hybridized carbons (Fsp3) is 1.00. The van der Waals surface area contributed by atoms with Crippen LogP contribution in [0.25, 0.3) is 0 Å². The normalized spacial score (nSPS) is 36.6. The number of aliphatic hydroxyl groups is 1. The molecule has 0 aliphatic carbocycles. The number of hydrogen-bond acceptors (Lipinski definition) is 6. The van der Waals surface area contributed by atoms with Gasteiger partial charge < -0.3 is 28.8 Å². The molecule has 5 atom stereocenters. The highest BCUT2D eigenvalue weighted by Crippen LogP contribution is 2.27. The van der Waals surface area contributed by atoms with Gasteiger partial charge in [0.1, 0.15) is 24.4 Å². The second-order valence-electron chi connectivity index (χ2n) is 3.63. The van der Waals surface area contributed by atoms with Gasteiger partial charge in [0.2, 0.25) is 0 Å². The largest absolute Gasteiger partial charge is 0.387 e. The van der Waals surface area contributed by atoms with E-state index in [9.17, 15) is 5.11 Å². The maximum Gasteiger partial charge on any atom is 0.186 e. The van der Waals surface area contributed by atoms with Crippen LogP contribution in [0.5, 0.6) is 0 Å². The second-order valence-corrected chi connectivity index (χ2v) is 3.63. The van der Waals surface area contributed by atoms with Crippen LogP contribution in [0, 0.1) is 0 Å². The predicted molar refractivity (Wildman–Crippen MR) is 55.1 cm³/mol. The van der Waals surface area contributed by atoms with Gasteiger partial charge in [0.25, 0.3) is 0 Å². The van der Waals surface area contributed by atoms with Crippen LogP contribution < -0.4 is 0 Å². The van der Waals surface area contributed by atoms with Crippen LogP contribution in [0.2, 0.25) is 0 Å². The highest BCUT2D eigenvalue weighted by molar-refractivity contribution is 4.92. The first-order chi connectivity index (χ1) is 7.69. The molecule has 0 amide bonds. The summed E-state index contributed by atoms with van der Waals surface area (Å²) in [7, 11) is 6.12. The van der Waals surface area contributed by atoms with E-state index in [1.54, 1.807) is 14.2 Å². The van der Waals surface area contributed by atoms with Gasteiger partial charge in [-0.3, -0.25) is 0 Å². The molecule has 0 aromatic rings. The van der Waals surface area contributed by atoms with Gasteiger partial charge in [-0.05, 0) is 0 Å². The maximum absolute atomic E-state index is 10.0. The molecule has 1 N–H and O–H groups in total. The van der Waals surface area contributed by atoms with Crippen LogP contribution >= 0.6 is 0 Å². The molecular weight excluding hydrogens is 216 g/mol. The summed E-state index contributed by atoms with van der Waals surface area (Å²) in [5.41, 5.74) is 0. The maximum atomic E-state index is 10.0. The van der Waals surface area contributed by atoms with Gasteiger partial charge in [0.05, 0.1) is 6.61 Å². The first-order valence-corrected chi connectivity index (χ1v) is 5.10. The van der Waals surface area contributed by atoms with E-state index in [-0.39, 0.29) is 6.10 Å². The third-order valence-electron chi connectivity index (χ3n) is 2.74. The van der Waals surface area contributed by atoms with Crippen molar-refractivity contribution in [2.75, 3.05) is 35.0 Å². The van der Waals surface area contributed by atoms with Gasteiger partial charge in [0.15, 0.2) is 6.29 Å². The molecule has 0 aromatic carbocycles. The molecule has 1 aliphatic rings. The van der Waals surface area contributed by atoms with Crippen molar-refractivity contribution >= 4 is 0 Å². The molecule has 5 unspecified atom stereocenters. The molecule has 6 heteroatoms. The monoisotopic (exact) mass is 236 g/mol. The van der Waals surface area contributed by atoms with Crippen molar-refractivity contribution in [3.63, 3.8) is 0 Å². The molecule has 0 aromatic heterocycles. The minimum absolute atomic E-state index is 0.338. The Kier molecular flexibility index (Phi) is 5.60. The van der Waals surface area contributed by atoms with Gasteiger partial charge >= 0.3 is 0 Å². The highest BCUT2D eigenvalue weighted by Gasteiger charge is 2.47. The van der Waals surface area contributed by atoms with Gasteiger partial charge in [-0.2, -0.15) is 0 Å². The topological polar surface area (TPSA) is 66.4 Å². The van der Waals surface area contributed by atoms with Crippen molar-refractivity contribution in [3.05, 3.63) is 0 Å². The van der Waals surface area contributed by atoms with E-state index >= 15 is 0 Å². The molecule has 0 bridgehead atoms. The number of ether oxygens (including phenoxy) is 5. The lowest BCUT2D eigenvalue weighted by Crippen LogP contribution is -2.42. The molecule has 0 spiro atoms. The summed E-state index contributed by atoms with van der Waals surface area (Å²) in [6.45, 7) is 0.338. The van der Waals surface area contributed by atoms with Crippen LogP contribution in [0.15, 0.2) is 0 Å². The summed E-state index contributed by atoms with van der Waals surface area (Å²) in [5, 5.41) is 10.0. The van der Waals surface area contributed by atoms with Crippen molar-refractivity contribution in [2.24, 2.45) is 0 Å². The van der Waals surface area contributed by atoms with E-state index in [2.05, 4.69) is 0 Å². The van der Waals surface area contributed by atoms with Crippen LogP contribution in [0.3, 0.4) is 0 Å². The summed E-state index contributed by atoms with van der Waals surface area (Å²) >= 11 is 0. The van der Waals surface area contributed by atoms with Crippen molar-refractivity contribution in [1.82, 2.24) is 0 Å². The smallest absolute Gasteiger partial charge is 0.186 e. The van der Waals surface area contributed by atoms with Gasteiger partial charge in [0, 0.05) is 28.4 Å². The van der Waals surface area contributed by atoms with E-state index in [0.29, 0.717) is 6.61 Å². The quantitative estimate of drug-likeness (QED) is 0.664. The van der Waals surface area contributed by atoms with E-state index in [0.717, 1.165) is 0 Å². The Labute approximate surface area is 95.4 Å². The predicted octanol–water partition coefficient (Wildman–Crippen LogP) is -0.605. The molecule has 1 heterocycles. The lowest BCUT2D eigenvalue weighted by Gasteiger charge is -2.23. The number of methoxy groups -OCH3 is 4. The SMILES string of the molecule is COCC(OC)C1OC(OC)C(OC)C1O. The second kappa shape index (κ2) is 6.48. The first-order valence-electron chi connectivity index (χ1n) is 5.10. The molecule has 0 saturated carbocycles. The fourth-order valence-electron chi connectivity index (χ4n) is 1.87.